The zero-order valence-electron chi connectivity index (χ0n) is 11.5. The predicted molar refractivity (Wildman–Crippen MR) is 73.2 cm³/mol. The van der Waals surface area contributed by atoms with Crippen molar-refractivity contribution >= 4 is 0 Å². The molecule has 0 aliphatic carbocycles. The van der Waals surface area contributed by atoms with Crippen LogP contribution in [0.2, 0.25) is 0 Å². The van der Waals surface area contributed by atoms with Crippen molar-refractivity contribution in [2.75, 3.05) is 26.7 Å². The molecular formula is C15H25NO. The average Bonchev–Trinajstić information content (AvgIpc) is 2.28. The van der Waals surface area contributed by atoms with Crippen molar-refractivity contribution < 1.29 is 5.11 Å². The van der Waals surface area contributed by atoms with Gasteiger partial charge in [0.15, 0.2) is 0 Å². The van der Waals surface area contributed by atoms with Gasteiger partial charge in [0.1, 0.15) is 0 Å². The van der Waals surface area contributed by atoms with Crippen molar-refractivity contribution in [3.05, 3.63) is 35.4 Å². The van der Waals surface area contributed by atoms with Gasteiger partial charge in [0.25, 0.3) is 0 Å². The van der Waals surface area contributed by atoms with E-state index in [1.54, 1.807) is 0 Å². The standard InChI is InChI=1S/C15H25NO/c1-13-5-7-14(8-6-13)9-10-16(4)11-15(2,3)12-17/h5-8,17H,9-12H2,1-4H3. The number of rotatable bonds is 6. The molecule has 1 aromatic carbocycles. The quantitative estimate of drug-likeness (QED) is 0.819. The maximum absolute atomic E-state index is 9.23. The minimum Gasteiger partial charge on any atom is -0.396 e. The van der Waals surface area contributed by atoms with Gasteiger partial charge >= 0.3 is 0 Å². The molecule has 2 nitrogen and oxygen atoms in total. The fourth-order valence-electron chi connectivity index (χ4n) is 1.93. The predicted octanol–water partition coefficient (Wildman–Crippen LogP) is 2.49. The summed E-state index contributed by atoms with van der Waals surface area (Å²) in [5.41, 5.74) is 2.68. The van der Waals surface area contributed by atoms with E-state index in [-0.39, 0.29) is 12.0 Å². The highest BCUT2D eigenvalue weighted by molar-refractivity contribution is 5.21. The summed E-state index contributed by atoms with van der Waals surface area (Å²) in [6, 6.07) is 8.71. The van der Waals surface area contributed by atoms with E-state index >= 15 is 0 Å². The van der Waals surface area contributed by atoms with Crippen LogP contribution < -0.4 is 0 Å². The number of aliphatic hydroxyl groups is 1. The van der Waals surface area contributed by atoms with Gasteiger partial charge in [0.05, 0.1) is 0 Å². The van der Waals surface area contributed by atoms with Crippen LogP contribution in [0.15, 0.2) is 24.3 Å². The molecule has 1 aromatic rings. The van der Waals surface area contributed by atoms with Gasteiger partial charge in [0.2, 0.25) is 0 Å². The average molecular weight is 235 g/mol. The smallest absolute Gasteiger partial charge is 0.0494 e. The highest BCUT2D eigenvalue weighted by Crippen LogP contribution is 2.15. The van der Waals surface area contributed by atoms with Crippen LogP contribution in [0.1, 0.15) is 25.0 Å². The van der Waals surface area contributed by atoms with E-state index in [0.29, 0.717) is 0 Å². The molecule has 0 unspecified atom stereocenters. The molecule has 0 bridgehead atoms. The summed E-state index contributed by atoms with van der Waals surface area (Å²) >= 11 is 0. The molecule has 1 rings (SSSR count). The van der Waals surface area contributed by atoms with Crippen LogP contribution in [0, 0.1) is 12.3 Å². The van der Waals surface area contributed by atoms with Crippen molar-refractivity contribution in [1.29, 1.82) is 0 Å². The molecule has 0 aromatic heterocycles. The van der Waals surface area contributed by atoms with E-state index in [4.69, 9.17) is 0 Å². The van der Waals surface area contributed by atoms with Gasteiger partial charge in [0, 0.05) is 25.1 Å². The monoisotopic (exact) mass is 235 g/mol. The van der Waals surface area contributed by atoms with Gasteiger partial charge in [-0.1, -0.05) is 43.7 Å². The third-order valence-corrected chi connectivity index (χ3v) is 3.03. The summed E-state index contributed by atoms with van der Waals surface area (Å²) in [7, 11) is 2.12. The second-order valence-corrected chi connectivity index (χ2v) is 5.80. The molecule has 0 atom stereocenters. The lowest BCUT2D eigenvalue weighted by Crippen LogP contribution is -2.35. The van der Waals surface area contributed by atoms with Crippen LogP contribution in [-0.2, 0) is 6.42 Å². The molecular weight excluding hydrogens is 210 g/mol. The zero-order valence-corrected chi connectivity index (χ0v) is 11.5. The Bertz CT molecular complexity index is 329. The van der Waals surface area contributed by atoms with E-state index in [0.717, 1.165) is 19.5 Å². The molecule has 0 saturated heterocycles. The highest BCUT2D eigenvalue weighted by Gasteiger charge is 2.18. The van der Waals surface area contributed by atoms with Crippen molar-refractivity contribution in [1.82, 2.24) is 4.90 Å². The topological polar surface area (TPSA) is 23.5 Å². The van der Waals surface area contributed by atoms with E-state index < -0.39 is 0 Å². The fourth-order valence-corrected chi connectivity index (χ4v) is 1.93. The Morgan fingerprint density at radius 2 is 1.76 bits per heavy atom. The Labute approximate surface area is 105 Å². The normalized spacial score (nSPS) is 12.1. The first-order chi connectivity index (χ1) is 7.93. The van der Waals surface area contributed by atoms with Crippen LogP contribution in [0.3, 0.4) is 0 Å². The first-order valence-corrected chi connectivity index (χ1v) is 6.28. The number of aliphatic hydroxyl groups excluding tert-OH is 1. The SMILES string of the molecule is Cc1ccc(CCN(C)CC(C)(C)CO)cc1. The Morgan fingerprint density at radius 1 is 1.18 bits per heavy atom. The molecule has 0 heterocycles. The van der Waals surface area contributed by atoms with E-state index in [1.165, 1.54) is 11.1 Å². The summed E-state index contributed by atoms with van der Waals surface area (Å²) in [4.78, 5) is 2.29. The summed E-state index contributed by atoms with van der Waals surface area (Å²) in [6.45, 7) is 8.49. The van der Waals surface area contributed by atoms with Gasteiger partial charge in [-0.2, -0.15) is 0 Å². The largest absolute Gasteiger partial charge is 0.396 e. The Morgan fingerprint density at radius 3 is 2.29 bits per heavy atom. The molecule has 17 heavy (non-hydrogen) atoms. The van der Waals surface area contributed by atoms with Crippen LogP contribution in [0.4, 0.5) is 0 Å². The minimum atomic E-state index is -0.0119. The van der Waals surface area contributed by atoms with E-state index in [9.17, 15) is 5.11 Å². The zero-order chi connectivity index (χ0) is 12.9. The number of aryl methyl sites for hydroxylation is 1. The molecule has 1 N–H and O–H groups in total. The molecule has 0 fully saturated rings. The third-order valence-electron chi connectivity index (χ3n) is 3.03. The van der Waals surface area contributed by atoms with E-state index in [1.807, 2.05) is 0 Å². The Hall–Kier alpha value is -0.860. The molecule has 96 valence electrons. The molecule has 0 spiro atoms. The van der Waals surface area contributed by atoms with Gasteiger partial charge in [-0.05, 0) is 26.0 Å². The lowest BCUT2D eigenvalue weighted by atomic mass is 9.94. The lowest BCUT2D eigenvalue weighted by Gasteiger charge is -2.28. The van der Waals surface area contributed by atoms with Gasteiger partial charge in [-0.25, -0.2) is 0 Å². The summed E-state index contributed by atoms with van der Waals surface area (Å²) in [6.07, 6.45) is 1.07. The highest BCUT2D eigenvalue weighted by atomic mass is 16.3. The molecule has 0 radical (unpaired) electrons. The van der Waals surface area contributed by atoms with Crippen molar-refractivity contribution in [3.63, 3.8) is 0 Å². The van der Waals surface area contributed by atoms with Crippen LogP contribution in [0.5, 0.6) is 0 Å². The fraction of sp³-hybridized carbons (Fsp3) is 0.600. The van der Waals surface area contributed by atoms with Gasteiger partial charge in [-0.3, -0.25) is 0 Å². The van der Waals surface area contributed by atoms with Crippen molar-refractivity contribution in [2.45, 2.75) is 27.2 Å². The van der Waals surface area contributed by atoms with Crippen LogP contribution >= 0.6 is 0 Å². The third kappa shape index (κ3) is 5.33. The second-order valence-electron chi connectivity index (χ2n) is 5.80. The minimum absolute atomic E-state index is 0.0119. The Kier molecular flexibility index (Phi) is 5.16. The van der Waals surface area contributed by atoms with Crippen LogP contribution in [0.25, 0.3) is 0 Å². The molecule has 0 amide bonds. The summed E-state index contributed by atoms with van der Waals surface area (Å²) in [5, 5.41) is 9.23. The van der Waals surface area contributed by atoms with Gasteiger partial charge < -0.3 is 10.0 Å². The number of hydrogen-bond acceptors (Lipinski definition) is 2. The number of hydrogen-bond donors (Lipinski definition) is 1. The van der Waals surface area contributed by atoms with Crippen molar-refractivity contribution in [2.24, 2.45) is 5.41 Å². The number of likely N-dealkylation sites (N-methyl/N-ethyl adjacent to an activating group) is 1. The maximum Gasteiger partial charge on any atom is 0.0494 e. The number of nitrogens with zero attached hydrogens (tertiary/aromatic N) is 1. The molecule has 2 heteroatoms. The summed E-state index contributed by atoms with van der Waals surface area (Å²) in [5.74, 6) is 0. The Balaban J connectivity index is 2.38. The van der Waals surface area contributed by atoms with E-state index in [2.05, 4.69) is 57.0 Å². The molecule has 0 aliphatic rings. The first-order valence-electron chi connectivity index (χ1n) is 6.28. The molecule has 0 aliphatic heterocycles. The second kappa shape index (κ2) is 6.18. The molecule has 0 saturated carbocycles. The van der Waals surface area contributed by atoms with Crippen LogP contribution in [-0.4, -0.2) is 36.8 Å². The van der Waals surface area contributed by atoms with Crippen molar-refractivity contribution in [3.8, 4) is 0 Å². The number of benzene rings is 1. The maximum atomic E-state index is 9.23. The lowest BCUT2D eigenvalue weighted by molar-refractivity contribution is 0.116. The first kappa shape index (κ1) is 14.2. The van der Waals surface area contributed by atoms with Gasteiger partial charge in [-0.15, -0.1) is 0 Å². The summed E-state index contributed by atoms with van der Waals surface area (Å²) < 4.78 is 0.